The molecule has 1 amide bonds. The summed E-state index contributed by atoms with van der Waals surface area (Å²) in [5, 5.41) is 11.0. The van der Waals surface area contributed by atoms with Crippen molar-refractivity contribution in [2.45, 2.75) is 19.6 Å². The fourth-order valence-electron chi connectivity index (χ4n) is 3.36. The van der Waals surface area contributed by atoms with Gasteiger partial charge in [0, 0.05) is 48.9 Å². The average molecular weight is 454 g/mol. The van der Waals surface area contributed by atoms with E-state index in [0.29, 0.717) is 24.7 Å². The molecule has 0 saturated heterocycles. The molecule has 2 aromatic heterocycles. The van der Waals surface area contributed by atoms with Gasteiger partial charge in [0.15, 0.2) is 5.11 Å². The van der Waals surface area contributed by atoms with Gasteiger partial charge >= 0.3 is 0 Å². The number of aromatic amines is 1. The number of H-pyrrole nitrogens is 1. The van der Waals surface area contributed by atoms with Crippen molar-refractivity contribution in [3.8, 4) is 11.8 Å². The van der Waals surface area contributed by atoms with Gasteiger partial charge in [-0.15, -0.1) is 0 Å². The number of rotatable bonds is 6. The number of nitrogens with one attached hydrogen (secondary N) is 4. The minimum absolute atomic E-state index is 0.313. The molecule has 0 radical (unpaired) electrons. The van der Waals surface area contributed by atoms with Crippen LogP contribution in [0, 0.1) is 11.8 Å². The first kappa shape index (κ1) is 22.1. The molecule has 0 aliphatic heterocycles. The summed E-state index contributed by atoms with van der Waals surface area (Å²) in [6.07, 6.45) is 3.65. The molecular formula is C26H23N5OS. The van der Waals surface area contributed by atoms with E-state index in [4.69, 9.17) is 12.2 Å². The molecule has 0 saturated carbocycles. The van der Waals surface area contributed by atoms with Crippen LogP contribution in [0.3, 0.4) is 0 Å². The van der Waals surface area contributed by atoms with Crippen LogP contribution >= 0.6 is 12.2 Å². The summed E-state index contributed by atoms with van der Waals surface area (Å²) in [5.74, 6) is 5.18. The molecule has 0 atom stereocenters. The van der Waals surface area contributed by atoms with Gasteiger partial charge in [-0.1, -0.05) is 48.4 Å². The fraction of sp³-hybridized carbons (Fsp3) is 0.115. The van der Waals surface area contributed by atoms with Crippen LogP contribution in [-0.4, -0.2) is 21.0 Å². The third-order valence-corrected chi connectivity index (χ3v) is 5.37. The Morgan fingerprint density at radius 2 is 1.52 bits per heavy atom. The van der Waals surface area contributed by atoms with Gasteiger partial charge in [-0.25, -0.2) is 4.98 Å². The zero-order chi connectivity index (χ0) is 22.9. The lowest BCUT2D eigenvalue weighted by Crippen LogP contribution is -2.34. The maximum absolute atomic E-state index is 12.1. The van der Waals surface area contributed by atoms with Crippen LogP contribution in [0.25, 0.3) is 11.0 Å². The van der Waals surface area contributed by atoms with Crippen LogP contribution in [0.4, 0.5) is 0 Å². The van der Waals surface area contributed by atoms with Crippen molar-refractivity contribution in [2.75, 3.05) is 0 Å². The van der Waals surface area contributed by atoms with E-state index in [9.17, 15) is 4.79 Å². The quantitative estimate of drug-likeness (QED) is 0.266. The molecule has 0 unspecified atom stereocenters. The predicted octanol–water partition coefficient (Wildman–Crippen LogP) is 3.40. The molecule has 7 heteroatoms. The second-order valence-electron chi connectivity index (χ2n) is 7.31. The summed E-state index contributed by atoms with van der Waals surface area (Å²) >= 11 is 5.45. The molecule has 0 aliphatic rings. The summed E-state index contributed by atoms with van der Waals surface area (Å²) in [6.45, 7) is 1.53. The molecule has 0 aliphatic carbocycles. The van der Waals surface area contributed by atoms with E-state index in [0.717, 1.165) is 33.3 Å². The molecule has 0 spiro atoms. The minimum atomic E-state index is -0.313. The number of amides is 1. The number of aromatic nitrogens is 2. The van der Waals surface area contributed by atoms with Crippen LogP contribution < -0.4 is 16.0 Å². The number of benzene rings is 2. The lowest BCUT2D eigenvalue weighted by molar-refractivity contribution is -0.115. The average Bonchev–Trinajstić information content (AvgIpc) is 3.34. The van der Waals surface area contributed by atoms with E-state index in [1.54, 1.807) is 6.20 Å². The molecular weight excluding hydrogens is 430 g/mol. The van der Waals surface area contributed by atoms with Crippen LogP contribution in [0.1, 0.15) is 22.3 Å². The third-order valence-electron chi connectivity index (χ3n) is 5.08. The Labute approximate surface area is 197 Å². The standard InChI is InChI=1S/C26H23N5OS/c32-24(11-10-19-6-2-1-3-7-19)29-16-20-8-4-5-9-21(20)17-30-26(33)31-18-22-12-14-27-25-23(22)13-15-28-25/h1-9,12-15H,16-18H2,(H,27,28)(H,29,32)(H2,30,31,33). The van der Waals surface area contributed by atoms with Crippen molar-refractivity contribution in [1.82, 2.24) is 25.9 Å². The molecule has 6 nitrogen and oxygen atoms in total. The summed E-state index contributed by atoms with van der Waals surface area (Å²) < 4.78 is 0. The van der Waals surface area contributed by atoms with Gasteiger partial charge in [0.05, 0.1) is 0 Å². The maximum Gasteiger partial charge on any atom is 0.296 e. The Morgan fingerprint density at radius 1 is 0.848 bits per heavy atom. The Balaban J connectivity index is 1.28. The van der Waals surface area contributed by atoms with E-state index < -0.39 is 0 Å². The highest BCUT2D eigenvalue weighted by molar-refractivity contribution is 7.80. The third kappa shape index (κ3) is 6.19. The summed E-state index contributed by atoms with van der Waals surface area (Å²) in [7, 11) is 0. The lowest BCUT2D eigenvalue weighted by atomic mass is 10.1. The smallest absolute Gasteiger partial charge is 0.296 e. The molecule has 4 N–H and O–H groups in total. The number of hydrogen-bond donors (Lipinski definition) is 4. The molecule has 0 bridgehead atoms. The monoisotopic (exact) mass is 453 g/mol. The lowest BCUT2D eigenvalue weighted by Gasteiger charge is -2.14. The Kier molecular flexibility index (Phi) is 7.31. The van der Waals surface area contributed by atoms with Crippen LogP contribution in [0.2, 0.25) is 0 Å². The normalized spacial score (nSPS) is 10.2. The Hall–Kier alpha value is -4.15. The highest BCUT2D eigenvalue weighted by atomic mass is 32.1. The zero-order valence-electron chi connectivity index (χ0n) is 17.9. The van der Waals surface area contributed by atoms with E-state index >= 15 is 0 Å². The van der Waals surface area contributed by atoms with Gasteiger partial charge in [0.25, 0.3) is 5.91 Å². The number of fused-ring (bicyclic) bond motifs is 1. The highest BCUT2D eigenvalue weighted by Gasteiger charge is 2.06. The molecule has 4 aromatic rings. The summed E-state index contributed by atoms with van der Waals surface area (Å²) in [4.78, 5) is 19.5. The van der Waals surface area contributed by atoms with Gasteiger partial charge in [-0.3, -0.25) is 4.79 Å². The van der Waals surface area contributed by atoms with Crippen molar-refractivity contribution >= 4 is 34.3 Å². The molecule has 164 valence electrons. The van der Waals surface area contributed by atoms with E-state index in [2.05, 4.69) is 37.8 Å². The zero-order valence-corrected chi connectivity index (χ0v) is 18.7. The Morgan fingerprint density at radius 3 is 2.27 bits per heavy atom. The van der Waals surface area contributed by atoms with Crippen molar-refractivity contribution in [3.63, 3.8) is 0 Å². The van der Waals surface area contributed by atoms with Gasteiger partial charge in [-0.2, -0.15) is 0 Å². The second kappa shape index (κ2) is 10.9. The van der Waals surface area contributed by atoms with E-state index in [-0.39, 0.29) is 5.91 Å². The van der Waals surface area contributed by atoms with E-state index in [1.807, 2.05) is 72.9 Å². The van der Waals surface area contributed by atoms with Crippen molar-refractivity contribution < 1.29 is 4.79 Å². The van der Waals surface area contributed by atoms with Crippen molar-refractivity contribution in [2.24, 2.45) is 0 Å². The SMILES string of the molecule is O=C(C#Cc1ccccc1)NCc1ccccc1CNC(=S)NCc1ccnc2[nH]ccc12. The Bertz CT molecular complexity index is 1320. The van der Waals surface area contributed by atoms with E-state index in [1.165, 1.54) is 0 Å². The number of hydrogen-bond acceptors (Lipinski definition) is 3. The van der Waals surface area contributed by atoms with Gasteiger partial charge < -0.3 is 20.9 Å². The number of pyridine rings is 1. The van der Waals surface area contributed by atoms with Crippen molar-refractivity contribution in [3.05, 3.63) is 101 Å². The van der Waals surface area contributed by atoms with Crippen molar-refractivity contribution in [1.29, 1.82) is 0 Å². The fourth-order valence-corrected chi connectivity index (χ4v) is 3.50. The highest BCUT2D eigenvalue weighted by Crippen LogP contribution is 2.14. The predicted molar refractivity (Wildman–Crippen MR) is 134 cm³/mol. The first-order valence-corrected chi connectivity index (χ1v) is 10.9. The first-order valence-electron chi connectivity index (χ1n) is 10.5. The minimum Gasteiger partial charge on any atom is -0.359 e. The summed E-state index contributed by atoms with van der Waals surface area (Å²) in [6, 6.07) is 21.3. The van der Waals surface area contributed by atoms with Crippen LogP contribution in [0.5, 0.6) is 0 Å². The number of carbonyl (C=O) groups excluding carboxylic acids is 1. The maximum atomic E-state index is 12.1. The van der Waals surface area contributed by atoms with Gasteiger partial charge in [0.1, 0.15) is 5.65 Å². The molecule has 0 fully saturated rings. The topological polar surface area (TPSA) is 81.8 Å². The van der Waals surface area contributed by atoms with Crippen LogP contribution in [-0.2, 0) is 24.4 Å². The first-order chi connectivity index (χ1) is 16.2. The molecule has 2 heterocycles. The molecule has 33 heavy (non-hydrogen) atoms. The number of carbonyl (C=O) groups is 1. The number of thiocarbonyl (C=S) groups is 1. The molecule has 2 aromatic carbocycles. The van der Waals surface area contributed by atoms with Gasteiger partial charge in [-0.05, 0) is 53.2 Å². The van der Waals surface area contributed by atoms with Crippen LogP contribution in [0.15, 0.2) is 79.1 Å². The molecule has 4 rings (SSSR count). The second-order valence-corrected chi connectivity index (χ2v) is 7.72. The summed E-state index contributed by atoms with van der Waals surface area (Å²) in [5.41, 5.74) is 4.84. The number of nitrogens with zero attached hydrogens (tertiary/aromatic N) is 1. The van der Waals surface area contributed by atoms with Gasteiger partial charge in [0.2, 0.25) is 0 Å². The largest absolute Gasteiger partial charge is 0.359 e.